The number of nitrogens with one attached hydrogen (secondary N) is 1. The Morgan fingerprint density at radius 1 is 1.31 bits per heavy atom. The lowest BCUT2D eigenvalue weighted by molar-refractivity contribution is -0.120. The Hall–Kier alpha value is -1.03. The van der Waals surface area contributed by atoms with E-state index in [9.17, 15) is 13.2 Å². The van der Waals surface area contributed by atoms with Crippen LogP contribution in [0.15, 0.2) is 22.8 Å². The van der Waals surface area contributed by atoms with Crippen molar-refractivity contribution in [2.24, 2.45) is 5.92 Å². The lowest BCUT2D eigenvalue weighted by Crippen LogP contribution is -2.46. The fourth-order valence-electron chi connectivity index (χ4n) is 3.37. The molecule has 1 aromatic rings. The summed E-state index contributed by atoms with van der Waals surface area (Å²) in [7, 11) is -3.42. The van der Waals surface area contributed by atoms with Gasteiger partial charge in [-0.3, -0.25) is 4.79 Å². The summed E-state index contributed by atoms with van der Waals surface area (Å²) in [4.78, 5) is 16.6. The van der Waals surface area contributed by atoms with E-state index >= 15 is 0 Å². The maximum absolute atomic E-state index is 12.7. The van der Waals surface area contributed by atoms with E-state index < -0.39 is 10.0 Å². The van der Waals surface area contributed by atoms with E-state index in [0.717, 1.165) is 23.7 Å². The van der Waals surface area contributed by atoms with Crippen LogP contribution in [-0.2, 0) is 19.6 Å². The molecular formula is C17H24BrN3O4S. The first kappa shape index (κ1) is 19.7. The van der Waals surface area contributed by atoms with Crippen LogP contribution in [0, 0.1) is 5.92 Å². The molecule has 7 nitrogen and oxygen atoms in total. The maximum atomic E-state index is 12.7. The molecule has 9 heteroatoms. The quantitative estimate of drug-likeness (QED) is 0.751. The number of aromatic nitrogens is 1. The first-order chi connectivity index (χ1) is 12.4. The predicted octanol–water partition coefficient (Wildman–Crippen LogP) is 2.39. The standard InChI is InChI=1S/C17H24BrN3O4S/c18-14-6-7-16(19-10-14)20-17(22)13-4-3-8-21(11-13)26(23,24)12-15-5-1-2-9-25-15/h6-7,10,13,15H,1-5,8-9,11-12H2,(H,19,20,22). The van der Waals surface area contributed by atoms with Gasteiger partial charge in [-0.1, -0.05) is 0 Å². The van der Waals surface area contributed by atoms with Crippen LogP contribution in [0.2, 0.25) is 0 Å². The minimum Gasteiger partial charge on any atom is -0.377 e. The first-order valence-electron chi connectivity index (χ1n) is 8.96. The van der Waals surface area contributed by atoms with Gasteiger partial charge in [0.2, 0.25) is 15.9 Å². The molecule has 2 aliphatic heterocycles. The molecule has 2 aliphatic rings. The van der Waals surface area contributed by atoms with Crippen molar-refractivity contribution in [3.8, 4) is 0 Å². The summed E-state index contributed by atoms with van der Waals surface area (Å²) in [5, 5.41) is 2.78. The fourth-order valence-corrected chi connectivity index (χ4v) is 5.36. The number of anilines is 1. The Kier molecular flexibility index (Phi) is 6.65. The Balaban J connectivity index is 1.58. The van der Waals surface area contributed by atoms with Gasteiger partial charge in [-0.15, -0.1) is 0 Å². The summed E-state index contributed by atoms with van der Waals surface area (Å²) in [6.45, 7) is 1.32. The van der Waals surface area contributed by atoms with Gasteiger partial charge in [0, 0.05) is 30.4 Å². The minimum absolute atomic E-state index is 0.00953. The SMILES string of the molecule is O=C(Nc1ccc(Br)cn1)C1CCCN(S(=O)(=O)CC2CCCCO2)C1. The highest BCUT2D eigenvalue weighted by Crippen LogP contribution is 2.23. The van der Waals surface area contributed by atoms with Crippen molar-refractivity contribution in [2.45, 2.75) is 38.2 Å². The smallest absolute Gasteiger partial charge is 0.229 e. The molecule has 26 heavy (non-hydrogen) atoms. The highest BCUT2D eigenvalue weighted by molar-refractivity contribution is 9.10. The van der Waals surface area contributed by atoms with Gasteiger partial charge in [-0.05, 0) is 60.2 Å². The zero-order valence-corrected chi connectivity index (χ0v) is 17.0. The molecule has 0 saturated carbocycles. The average Bonchev–Trinajstić information content (AvgIpc) is 2.64. The van der Waals surface area contributed by atoms with Crippen LogP contribution >= 0.6 is 15.9 Å². The van der Waals surface area contributed by atoms with Crippen molar-refractivity contribution in [2.75, 3.05) is 30.8 Å². The lowest BCUT2D eigenvalue weighted by atomic mass is 9.99. The molecule has 0 aliphatic carbocycles. The number of hydrogen-bond donors (Lipinski definition) is 1. The summed E-state index contributed by atoms with van der Waals surface area (Å²) in [6.07, 6.45) is 5.52. The number of pyridine rings is 1. The van der Waals surface area contributed by atoms with E-state index in [1.54, 1.807) is 18.3 Å². The van der Waals surface area contributed by atoms with E-state index in [0.29, 0.717) is 31.8 Å². The van der Waals surface area contributed by atoms with Crippen LogP contribution in [-0.4, -0.2) is 55.2 Å². The van der Waals surface area contributed by atoms with Crippen LogP contribution in [0.3, 0.4) is 0 Å². The van der Waals surface area contributed by atoms with Gasteiger partial charge in [0.05, 0.1) is 17.8 Å². The average molecular weight is 446 g/mol. The zero-order chi connectivity index (χ0) is 18.6. The van der Waals surface area contributed by atoms with Crippen molar-refractivity contribution in [3.05, 3.63) is 22.8 Å². The topological polar surface area (TPSA) is 88.6 Å². The zero-order valence-electron chi connectivity index (χ0n) is 14.6. The van der Waals surface area contributed by atoms with E-state index in [2.05, 4.69) is 26.2 Å². The number of nitrogens with zero attached hydrogens (tertiary/aromatic N) is 2. The van der Waals surface area contributed by atoms with Gasteiger partial charge in [0.25, 0.3) is 0 Å². The third-order valence-electron chi connectivity index (χ3n) is 4.80. The van der Waals surface area contributed by atoms with Gasteiger partial charge in [0.1, 0.15) is 5.82 Å². The van der Waals surface area contributed by atoms with Crippen molar-refractivity contribution >= 4 is 37.7 Å². The molecule has 0 bridgehead atoms. The van der Waals surface area contributed by atoms with Gasteiger partial charge in [0.15, 0.2) is 0 Å². The van der Waals surface area contributed by atoms with E-state index in [-0.39, 0.29) is 30.2 Å². The summed E-state index contributed by atoms with van der Waals surface area (Å²) in [5.41, 5.74) is 0. The Morgan fingerprint density at radius 3 is 2.85 bits per heavy atom. The van der Waals surface area contributed by atoms with Gasteiger partial charge < -0.3 is 10.1 Å². The number of sulfonamides is 1. The Labute approximate surface area is 162 Å². The molecule has 3 rings (SSSR count). The second kappa shape index (κ2) is 8.77. The number of rotatable bonds is 5. The molecule has 1 aromatic heterocycles. The monoisotopic (exact) mass is 445 g/mol. The second-order valence-electron chi connectivity index (χ2n) is 6.82. The number of hydrogen-bond acceptors (Lipinski definition) is 5. The third-order valence-corrected chi connectivity index (χ3v) is 7.18. The molecule has 1 N–H and O–H groups in total. The lowest BCUT2D eigenvalue weighted by Gasteiger charge is -2.32. The van der Waals surface area contributed by atoms with Crippen molar-refractivity contribution in [3.63, 3.8) is 0 Å². The largest absolute Gasteiger partial charge is 0.377 e. The fraction of sp³-hybridized carbons (Fsp3) is 0.647. The van der Waals surface area contributed by atoms with Crippen LogP contribution in [0.1, 0.15) is 32.1 Å². The third kappa shape index (κ3) is 5.25. The summed E-state index contributed by atoms with van der Waals surface area (Å²) >= 11 is 3.30. The second-order valence-corrected chi connectivity index (χ2v) is 9.74. The molecule has 3 heterocycles. The molecule has 0 spiro atoms. The van der Waals surface area contributed by atoms with Crippen molar-refractivity contribution < 1.29 is 17.9 Å². The molecule has 1 amide bonds. The maximum Gasteiger partial charge on any atom is 0.229 e. The molecule has 0 aromatic carbocycles. The summed E-state index contributed by atoms with van der Waals surface area (Å²) in [6, 6.07) is 3.50. The van der Waals surface area contributed by atoms with E-state index in [1.165, 1.54) is 4.31 Å². The normalized spacial score (nSPS) is 25.0. The van der Waals surface area contributed by atoms with Crippen LogP contribution in [0.4, 0.5) is 5.82 Å². The van der Waals surface area contributed by atoms with Gasteiger partial charge in [-0.2, -0.15) is 0 Å². The van der Waals surface area contributed by atoms with E-state index in [4.69, 9.17) is 4.74 Å². The molecule has 2 saturated heterocycles. The van der Waals surface area contributed by atoms with Crippen LogP contribution in [0.25, 0.3) is 0 Å². The Morgan fingerprint density at radius 2 is 2.15 bits per heavy atom. The molecule has 0 radical (unpaired) electrons. The molecule has 2 atom stereocenters. The number of amides is 1. The number of carbonyl (C=O) groups is 1. The first-order valence-corrected chi connectivity index (χ1v) is 11.4. The summed E-state index contributed by atoms with van der Waals surface area (Å²) in [5.74, 6) is -0.0750. The number of ether oxygens (including phenoxy) is 1. The molecule has 2 fully saturated rings. The Bertz CT molecular complexity index is 720. The summed E-state index contributed by atoms with van der Waals surface area (Å²) < 4.78 is 33.3. The van der Waals surface area contributed by atoms with Crippen molar-refractivity contribution in [1.82, 2.24) is 9.29 Å². The molecule has 2 unspecified atom stereocenters. The van der Waals surface area contributed by atoms with E-state index in [1.807, 2.05) is 0 Å². The highest BCUT2D eigenvalue weighted by Gasteiger charge is 2.34. The predicted molar refractivity (Wildman–Crippen MR) is 102 cm³/mol. The van der Waals surface area contributed by atoms with Crippen LogP contribution in [0.5, 0.6) is 0 Å². The highest BCUT2D eigenvalue weighted by atomic mass is 79.9. The minimum atomic E-state index is -3.42. The van der Waals surface area contributed by atoms with Gasteiger partial charge >= 0.3 is 0 Å². The number of piperidine rings is 1. The molecular weight excluding hydrogens is 422 g/mol. The molecule has 144 valence electrons. The van der Waals surface area contributed by atoms with Crippen molar-refractivity contribution in [1.29, 1.82) is 0 Å². The van der Waals surface area contributed by atoms with Gasteiger partial charge in [-0.25, -0.2) is 17.7 Å². The van der Waals surface area contributed by atoms with Crippen LogP contribution < -0.4 is 5.32 Å². The number of carbonyl (C=O) groups excluding carboxylic acids is 1. The number of halogens is 1.